The number of hydrogen-bond acceptors (Lipinski definition) is 4. The maximum absolute atomic E-state index is 12.9. The summed E-state index contributed by atoms with van der Waals surface area (Å²) in [5.41, 5.74) is 4.45. The predicted octanol–water partition coefficient (Wildman–Crippen LogP) is 3.79. The summed E-state index contributed by atoms with van der Waals surface area (Å²) in [4.78, 5) is 12.9. The highest BCUT2D eigenvalue weighted by Gasteiger charge is 2.12. The molecule has 0 aliphatic rings. The highest BCUT2D eigenvalue weighted by atomic mass is 32.2. The number of hydrogen-bond donors (Lipinski definition) is 0. The summed E-state index contributed by atoms with van der Waals surface area (Å²) in [6.07, 6.45) is 3.63. The van der Waals surface area contributed by atoms with Crippen molar-refractivity contribution in [2.24, 2.45) is 0 Å². The fraction of sp³-hybridized carbons (Fsp3) is 0.150. The Labute approximate surface area is 155 Å². The Morgan fingerprint density at radius 2 is 1.69 bits per heavy atom. The molecule has 130 valence electrons. The second-order valence-electron chi connectivity index (χ2n) is 6.27. The molecule has 2 heterocycles. The summed E-state index contributed by atoms with van der Waals surface area (Å²) < 4.78 is 3.38. The van der Waals surface area contributed by atoms with E-state index in [1.807, 2.05) is 50.4 Å². The second-order valence-corrected chi connectivity index (χ2v) is 7.21. The molecule has 4 aromatic rings. The minimum absolute atomic E-state index is 0.170. The number of rotatable bonds is 4. The van der Waals surface area contributed by atoms with Crippen molar-refractivity contribution in [3.63, 3.8) is 0 Å². The van der Waals surface area contributed by atoms with Crippen molar-refractivity contribution in [3.05, 3.63) is 88.0 Å². The van der Waals surface area contributed by atoms with Gasteiger partial charge in [-0.1, -0.05) is 48.2 Å². The van der Waals surface area contributed by atoms with Gasteiger partial charge in [0.2, 0.25) is 5.65 Å². The number of thioether (sulfide) groups is 1. The third-order valence-electron chi connectivity index (χ3n) is 4.13. The molecular formula is C20H18N4OS. The van der Waals surface area contributed by atoms with Crippen LogP contribution in [0.15, 0.2) is 70.9 Å². The molecule has 6 heteroatoms. The lowest BCUT2D eigenvalue weighted by atomic mass is 10.1. The van der Waals surface area contributed by atoms with Crippen molar-refractivity contribution >= 4 is 17.4 Å². The van der Waals surface area contributed by atoms with E-state index in [1.165, 1.54) is 5.56 Å². The van der Waals surface area contributed by atoms with E-state index < -0.39 is 0 Å². The molecule has 0 aliphatic carbocycles. The number of aryl methyl sites for hydroxylation is 2. The lowest BCUT2D eigenvalue weighted by Gasteiger charge is -2.08. The standard InChI is InChI=1S/C20H18N4OS/c1-14-10-15(2)12-17(11-14)23-8-9-24-18(19(23)25)21-22-20(24)26-13-16-6-4-3-5-7-16/h3-12H,13H2,1-2H3. The number of nitrogens with zero attached hydrogens (tertiary/aromatic N) is 4. The lowest BCUT2D eigenvalue weighted by molar-refractivity contribution is 0.892. The van der Waals surface area contributed by atoms with Crippen LogP contribution in [-0.4, -0.2) is 19.2 Å². The Morgan fingerprint density at radius 3 is 2.42 bits per heavy atom. The van der Waals surface area contributed by atoms with E-state index in [2.05, 4.69) is 28.4 Å². The second kappa shape index (κ2) is 6.80. The summed E-state index contributed by atoms with van der Waals surface area (Å²) in [7, 11) is 0. The van der Waals surface area contributed by atoms with Crippen LogP contribution >= 0.6 is 11.8 Å². The lowest BCUT2D eigenvalue weighted by Crippen LogP contribution is -2.20. The topological polar surface area (TPSA) is 52.2 Å². The van der Waals surface area contributed by atoms with Gasteiger partial charge in [-0.25, -0.2) is 0 Å². The van der Waals surface area contributed by atoms with E-state index in [1.54, 1.807) is 26.9 Å². The van der Waals surface area contributed by atoms with Crippen LogP contribution in [0.3, 0.4) is 0 Å². The third kappa shape index (κ3) is 3.15. The molecule has 0 aliphatic heterocycles. The molecule has 0 unspecified atom stereocenters. The summed E-state index contributed by atoms with van der Waals surface area (Å²) in [6, 6.07) is 16.2. The molecule has 0 saturated carbocycles. The zero-order valence-corrected chi connectivity index (χ0v) is 15.4. The van der Waals surface area contributed by atoms with Crippen molar-refractivity contribution < 1.29 is 0 Å². The van der Waals surface area contributed by atoms with Crippen LogP contribution in [0.5, 0.6) is 0 Å². The van der Waals surface area contributed by atoms with Crippen LogP contribution in [0.1, 0.15) is 16.7 Å². The van der Waals surface area contributed by atoms with Gasteiger partial charge in [0, 0.05) is 23.8 Å². The Balaban J connectivity index is 1.70. The normalized spacial score (nSPS) is 11.2. The monoisotopic (exact) mass is 362 g/mol. The average Bonchev–Trinajstić information content (AvgIpc) is 3.04. The van der Waals surface area contributed by atoms with Gasteiger partial charge in [-0.15, -0.1) is 10.2 Å². The van der Waals surface area contributed by atoms with Crippen molar-refractivity contribution in [1.29, 1.82) is 0 Å². The third-order valence-corrected chi connectivity index (χ3v) is 5.15. The minimum Gasteiger partial charge on any atom is -0.280 e. The predicted molar refractivity (Wildman–Crippen MR) is 104 cm³/mol. The van der Waals surface area contributed by atoms with Gasteiger partial charge in [-0.05, 0) is 42.7 Å². The molecule has 0 fully saturated rings. The van der Waals surface area contributed by atoms with Crippen molar-refractivity contribution in [1.82, 2.24) is 19.2 Å². The molecule has 0 radical (unpaired) electrons. The van der Waals surface area contributed by atoms with E-state index in [9.17, 15) is 4.79 Å². The smallest absolute Gasteiger partial charge is 0.280 e. The van der Waals surface area contributed by atoms with Gasteiger partial charge < -0.3 is 0 Å². The highest BCUT2D eigenvalue weighted by molar-refractivity contribution is 7.98. The van der Waals surface area contributed by atoms with E-state index in [4.69, 9.17) is 0 Å². The SMILES string of the molecule is Cc1cc(C)cc(-n2ccn3c(SCc4ccccc4)nnc3c2=O)c1. The summed E-state index contributed by atoms with van der Waals surface area (Å²) in [5.74, 6) is 0.780. The number of fused-ring (bicyclic) bond motifs is 1. The molecule has 0 atom stereocenters. The first-order valence-corrected chi connectivity index (χ1v) is 9.32. The van der Waals surface area contributed by atoms with Gasteiger partial charge in [0.1, 0.15) is 0 Å². The fourth-order valence-electron chi connectivity index (χ4n) is 2.98. The zero-order valence-electron chi connectivity index (χ0n) is 14.6. The molecule has 2 aromatic heterocycles. The van der Waals surface area contributed by atoms with Crippen molar-refractivity contribution in [2.75, 3.05) is 0 Å². The molecule has 2 aromatic carbocycles. The molecule has 0 saturated heterocycles. The fourth-order valence-corrected chi connectivity index (χ4v) is 3.85. The zero-order chi connectivity index (χ0) is 18.1. The molecule has 26 heavy (non-hydrogen) atoms. The van der Waals surface area contributed by atoms with Crippen LogP contribution in [0.2, 0.25) is 0 Å². The van der Waals surface area contributed by atoms with Crippen LogP contribution in [0, 0.1) is 13.8 Å². The van der Waals surface area contributed by atoms with E-state index in [-0.39, 0.29) is 5.56 Å². The Hall–Kier alpha value is -2.86. The van der Waals surface area contributed by atoms with E-state index in [0.717, 1.165) is 22.6 Å². The Bertz CT molecular complexity index is 1110. The molecule has 0 spiro atoms. The van der Waals surface area contributed by atoms with Crippen molar-refractivity contribution in [2.45, 2.75) is 24.8 Å². The molecule has 4 rings (SSSR count). The number of benzene rings is 2. The van der Waals surface area contributed by atoms with Gasteiger partial charge in [-0.3, -0.25) is 13.8 Å². The molecule has 0 N–H and O–H groups in total. The summed E-state index contributed by atoms with van der Waals surface area (Å²) >= 11 is 1.57. The molecular weight excluding hydrogens is 344 g/mol. The van der Waals surface area contributed by atoms with Crippen molar-refractivity contribution in [3.8, 4) is 5.69 Å². The van der Waals surface area contributed by atoms with Crippen LogP contribution in [0.25, 0.3) is 11.3 Å². The van der Waals surface area contributed by atoms with Crippen LogP contribution < -0.4 is 5.56 Å². The molecule has 0 bridgehead atoms. The average molecular weight is 362 g/mol. The number of aromatic nitrogens is 4. The first kappa shape index (κ1) is 16.6. The van der Waals surface area contributed by atoms with Gasteiger partial charge in [0.15, 0.2) is 5.16 Å². The van der Waals surface area contributed by atoms with Crippen LogP contribution in [-0.2, 0) is 5.75 Å². The van der Waals surface area contributed by atoms with Gasteiger partial charge in [0.05, 0.1) is 0 Å². The highest BCUT2D eigenvalue weighted by Crippen LogP contribution is 2.21. The maximum atomic E-state index is 12.9. The van der Waals surface area contributed by atoms with Gasteiger partial charge in [0.25, 0.3) is 0 Å². The Kier molecular flexibility index (Phi) is 4.34. The van der Waals surface area contributed by atoms with Gasteiger partial charge >= 0.3 is 5.56 Å². The molecule has 5 nitrogen and oxygen atoms in total. The quantitative estimate of drug-likeness (QED) is 0.518. The molecule has 0 amide bonds. The maximum Gasteiger partial charge on any atom is 0.300 e. The summed E-state index contributed by atoms with van der Waals surface area (Å²) in [5, 5.41) is 9.04. The Morgan fingerprint density at radius 1 is 0.962 bits per heavy atom. The van der Waals surface area contributed by atoms with Crippen LogP contribution in [0.4, 0.5) is 0 Å². The van der Waals surface area contributed by atoms with E-state index in [0.29, 0.717) is 10.8 Å². The first-order chi connectivity index (χ1) is 12.6. The van der Waals surface area contributed by atoms with Gasteiger partial charge in [-0.2, -0.15) is 0 Å². The summed E-state index contributed by atoms with van der Waals surface area (Å²) in [6.45, 7) is 4.05. The van der Waals surface area contributed by atoms with E-state index >= 15 is 0 Å². The minimum atomic E-state index is -0.170. The largest absolute Gasteiger partial charge is 0.300 e. The first-order valence-electron chi connectivity index (χ1n) is 8.33.